The molecule has 0 aliphatic carbocycles. The van der Waals surface area contributed by atoms with E-state index >= 15 is 0 Å². The molecule has 0 radical (unpaired) electrons. The van der Waals surface area contributed by atoms with Crippen LogP contribution in [0.4, 0.5) is 11.4 Å². The van der Waals surface area contributed by atoms with E-state index in [0.29, 0.717) is 17.7 Å². The molecule has 1 aromatic carbocycles. The van der Waals surface area contributed by atoms with Gasteiger partial charge in [-0.1, -0.05) is 19.1 Å². The molecular formula is C19H21N3O2. The van der Waals surface area contributed by atoms with Crippen LogP contribution >= 0.6 is 0 Å². The quantitative estimate of drug-likeness (QED) is 0.862. The molecule has 5 heteroatoms. The molecule has 0 amide bonds. The average Bonchev–Trinajstić information content (AvgIpc) is 3.20. The summed E-state index contributed by atoms with van der Waals surface area (Å²) < 4.78 is 1.64. The van der Waals surface area contributed by atoms with E-state index in [1.54, 1.807) is 11.6 Å². The summed E-state index contributed by atoms with van der Waals surface area (Å²) in [5.74, 6) is -0.999. The smallest absolute Gasteiger partial charge is 0.351 e. The number of aromatic nitrogens is 1. The second kappa shape index (κ2) is 6.40. The number of carbonyl (C=O) groups is 1. The van der Waals surface area contributed by atoms with Gasteiger partial charge in [0.2, 0.25) is 5.69 Å². The summed E-state index contributed by atoms with van der Waals surface area (Å²) >= 11 is 0. The van der Waals surface area contributed by atoms with Crippen molar-refractivity contribution in [1.29, 1.82) is 0 Å². The molecule has 0 saturated carbocycles. The van der Waals surface area contributed by atoms with Gasteiger partial charge in [0.05, 0.1) is 6.57 Å². The number of benzene rings is 1. The zero-order chi connectivity index (χ0) is 17.3. The maximum absolute atomic E-state index is 11.8. The summed E-state index contributed by atoms with van der Waals surface area (Å²) in [5, 5.41) is 9.63. The lowest BCUT2D eigenvalue weighted by atomic mass is 10.0. The highest BCUT2D eigenvalue weighted by atomic mass is 16.4. The Kier molecular flexibility index (Phi) is 4.30. The van der Waals surface area contributed by atoms with Crippen molar-refractivity contribution in [3.63, 3.8) is 0 Å². The number of carboxylic acid groups (broad SMARTS) is 1. The van der Waals surface area contributed by atoms with Gasteiger partial charge in [-0.2, -0.15) is 0 Å². The highest BCUT2D eigenvalue weighted by molar-refractivity contribution is 6.00. The average molecular weight is 323 g/mol. The highest BCUT2D eigenvalue weighted by Crippen LogP contribution is 2.40. The van der Waals surface area contributed by atoms with Gasteiger partial charge in [-0.25, -0.2) is 9.64 Å². The SMILES string of the molecule is [C-]#[N+]c1c(-c2ccc(N3CCCC3)cc2)c(C(=O)O)n(C)c1CC. The molecule has 3 rings (SSSR count). The predicted octanol–water partition coefficient (Wildman–Crippen LogP) is 4.10. The minimum Gasteiger partial charge on any atom is -0.477 e. The molecule has 24 heavy (non-hydrogen) atoms. The fraction of sp³-hybridized carbons (Fsp3) is 0.368. The van der Waals surface area contributed by atoms with Crippen LogP contribution in [0.2, 0.25) is 0 Å². The first-order chi connectivity index (χ1) is 11.6. The van der Waals surface area contributed by atoms with Crippen molar-refractivity contribution < 1.29 is 9.90 Å². The third-order valence-corrected chi connectivity index (χ3v) is 4.76. The van der Waals surface area contributed by atoms with E-state index < -0.39 is 5.97 Å². The van der Waals surface area contributed by atoms with Gasteiger partial charge in [-0.05, 0) is 37.0 Å². The maximum atomic E-state index is 11.8. The standard InChI is InChI=1S/C19H21N3O2/c1-4-15-17(20-2)16(18(19(23)24)21(15)3)13-7-9-14(10-8-13)22-11-5-6-12-22/h7-10H,4-6,11-12H2,1,3H3,(H,23,24). The molecule has 2 aromatic rings. The second-order valence-corrected chi connectivity index (χ2v) is 6.09. The van der Waals surface area contributed by atoms with Crippen LogP contribution in [0.25, 0.3) is 16.0 Å². The van der Waals surface area contributed by atoms with E-state index in [1.807, 2.05) is 31.2 Å². The minimum absolute atomic E-state index is 0.187. The van der Waals surface area contributed by atoms with Crippen LogP contribution in [0.5, 0.6) is 0 Å². The van der Waals surface area contributed by atoms with Gasteiger partial charge < -0.3 is 14.6 Å². The van der Waals surface area contributed by atoms with Crippen LogP contribution < -0.4 is 4.90 Å². The van der Waals surface area contributed by atoms with Crippen molar-refractivity contribution in [2.75, 3.05) is 18.0 Å². The second-order valence-electron chi connectivity index (χ2n) is 6.09. The van der Waals surface area contributed by atoms with E-state index in [0.717, 1.165) is 30.0 Å². The summed E-state index contributed by atoms with van der Waals surface area (Å²) in [5.41, 5.74) is 3.88. The number of anilines is 1. The maximum Gasteiger partial charge on any atom is 0.351 e. The summed E-state index contributed by atoms with van der Waals surface area (Å²) in [6, 6.07) is 7.92. The van der Waals surface area contributed by atoms with Gasteiger partial charge in [0.1, 0.15) is 5.69 Å². The number of nitrogens with zero attached hydrogens (tertiary/aromatic N) is 3. The number of rotatable bonds is 4. The van der Waals surface area contributed by atoms with Gasteiger partial charge in [0.25, 0.3) is 0 Å². The van der Waals surface area contributed by atoms with Crippen molar-refractivity contribution in [2.24, 2.45) is 7.05 Å². The topological polar surface area (TPSA) is 49.8 Å². The number of hydrogen-bond acceptors (Lipinski definition) is 2. The summed E-state index contributed by atoms with van der Waals surface area (Å²) in [7, 11) is 1.72. The van der Waals surface area contributed by atoms with Gasteiger partial charge in [0, 0.05) is 37.1 Å². The molecule has 1 aliphatic rings. The molecule has 1 aromatic heterocycles. The molecular weight excluding hydrogens is 302 g/mol. The van der Waals surface area contributed by atoms with E-state index in [1.165, 1.54) is 12.8 Å². The Labute approximate surface area is 142 Å². The number of hydrogen-bond donors (Lipinski definition) is 1. The normalized spacial score (nSPS) is 14.0. The van der Waals surface area contributed by atoms with E-state index in [2.05, 4.69) is 9.74 Å². The third-order valence-electron chi connectivity index (χ3n) is 4.76. The van der Waals surface area contributed by atoms with Crippen LogP contribution in [-0.4, -0.2) is 28.7 Å². The molecule has 1 saturated heterocycles. The first-order valence-corrected chi connectivity index (χ1v) is 8.26. The predicted molar refractivity (Wildman–Crippen MR) is 94.9 cm³/mol. The van der Waals surface area contributed by atoms with Crippen LogP contribution in [-0.2, 0) is 13.5 Å². The summed E-state index contributed by atoms with van der Waals surface area (Å²) in [4.78, 5) is 17.7. The Morgan fingerprint density at radius 2 is 1.88 bits per heavy atom. The minimum atomic E-state index is -0.999. The summed E-state index contributed by atoms with van der Waals surface area (Å²) in [6.07, 6.45) is 3.05. The Bertz CT molecular complexity index is 807. The van der Waals surface area contributed by atoms with Crippen molar-refractivity contribution in [2.45, 2.75) is 26.2 Å². The van der Waals surface area contributed by atoms with Crippen LogP contribution in [0.3, 0.4) is 0 Å². The van der Waals surface area contributed by atoms with Crippen molar-refractivity contribution in [3.8, 4) is 11.1 Å². The molecule has 1 fully saturated rings. The Hall–Kier alpha value is -2.74. The van der Waals surface area contributed by atoms with E-state index in [9.17, 15) is 9.90 Å². The number of aromatic carboxylic acids is 1. The van der Waals surface area contributed by atoms with Gasteiger partial charge in [0.15, 0.2) is 0 Å². The summed E-state index contributed by atoms with van der Waals surface area (Å²) in [6.45, 7) is 11.6. The fourth-order valence-electron chi connectivity index (χ4n) is 3.58. The van der Waals surface area contributed by atoms with Crippen molar-refractivity contribution >= 4 is 17.3 Å². The molecule has 2 heterocycles. The van der Waals surface area contributed by atoms with E-state index in [4.69, 9.17) is 6.57 Å². The molecule has 0 spiro atoms. The highest BCUT2D eigenvalue weighted by Gasteiger charge is 2.25. The molecule has 5 nitrogen and oxygen atoms in total. The lowest BCUT2D eigenvalue weighted by Crippen LogP contribution is -2.17. The van der Waals surface area contributed by atoms with Gasteiger partial charge >= 0.3 is 5.97 Å². The zero-order valence-corrected chi connectivity index (χ0v) is 14.0. The first kappa shape index (κ1) is 16.1. The molecule has 1 aliphatic heterocycles. The molecule has 1 N–H and O–H groups in total. The Balaban J connectivity index is 2.11. The van der Waals surface area contributed by atoms with E-state index in [-0.39, 0.29) is 5.69 Å². The van der Waals surface area contributed by atoms with Gasteiger partial charge in [-0.3, -0.25) is 0 Å². The number of carboxylic acids is 1. The van der Waals surface area contributed by atoms with Crippen molar-refractivity contribution in [1.82, 2.24) is 4.57 Å². The van der Waals surface area contributed by atoms with Crippen LogP contribution in [0, 0.1) is 6.57 Å². The first-order valence-electron chi connectivity index (χ1n) is 8.26. The van der Waals surface area contributed by atoms with Crippen molar-refractivity contribution in [3.05, 3.63) is 47.1 Å². The van der Waals surface area contributed by atoms with Crippen LogP contribution in [0.1, 0.15) is 35.9 Å². The lowest BCUT2D eigenvalue weighted by Gasteiger charge is -2.17. The third kappa shape index (κ3) is 2.54. The molecule has 0 bridgehead atoms. The zero-order valence-electron chi connectivity index (χ0n) is 14.0. The molecule has 0 atom stereocenters. The lowest BCUT2D eigenvalue weighted by molar-refractivity contribution is 0.0687. The molecule has 0 unspecified atom stereocenters. The van der Waals surface area contributed by atoms with Crippen LogP contribution in [0.15, 0.2) is 24.3 Å². The van der Waals surface area contributed by atoms with Gasteiger partial charge in [-0.15, -0.1) is 0 Å². The Morgan fingerprint density at radius 1 is 1.25 bits per heavy atom. The Morgan fingerprint density at radius 3 is 2.38 bits per heavy atom. The largest absolute Gasteiger partial charge is 0.477 e. The monoisotopic (exact) mass is 323 g/mol. The fourth-order valence-corrected chi connectivity index (χ4v) is 3.58. The molecule has 124 valence electrons.